The molecular formula is C5H11B. The van der Waals surface area contributed by atoms with Gasteiger partial charge in [0, 0.05) is 0 Å². The molecule has 0 fully saturated rings. The van der Waals surface area contributed by atoms with Crippen LogP contribution in [0.1, 0.15) is 20.3 Å². The van der Waals surface area contributed by atoms with Crippen LogP contribution in [0.3, 0.4) is 0 Å². The molecule has 0 aromatic heterocycles. The van der Waals surface area contributed by atoms with Crippen molar-refractivity contribution in [3.63, 3.8) is 0 Å². The van der Waals surface area contributed by atoms with E-state index >= 15 is 0 Å². The Hall–Kier alpha value is -0.0651. The van der Waals surface area contributed by atoms with Crippen molar-refractivity contribution < 1.29 is 0 Å². The molecule has 0 unspecified atom stereocenters. The Kier molecular flexibility index (Phi) is 3.10. The van der Waals surface area contributed by atoms with E-state index in [0.29, 0.717) is 5.92 Å². The van der Waals surface area contributed by atoms with Crippen LogP contribution in [-0.4, -0.2) is 13.5 Å². The van der Waals surface area contributed by atoms with Gasteiger partial charge in [-0.15, -0.1) is 0 Å². The van der Waals surface area contributed by atoms with Crippen LogP contribution in [0, 0.1) is 5.92 Å². The van der Waals surface area contributed by atoms with Crippen LogP contribution in [-0.2, 0) is 0 Å². The molecule has 0 rings (SSSR count). The average Bonchev–Trinajstić information content (AvgIpc) is 1.65. The second-order valence-electron chi connectivity index (χ2n) is 1.62. The number of hydrogen-bond donors (Lipinski definition) is 0. The summed E-state index contributed by atoms with van der Waals surface area (Å²) >= 11 is 0. The van der Waals surface area contributed by atoms with Gasteiger partial charge in [0.25, 0.3) is 0 Å². The van der Waals surface area contributed by atoms with Gasteiger partial charge in [0.15, 0.2) is 0 Å². The first-order chi connectivity index (χ1) is 2.81. The van der Waals surface area contributed by atoms with E-state index in [2.05, 4.69) is 21.3 Å². The molecule has 0 saturated carbocycles. The first-order valence-electron chi connectivity index (χ1n) is 2.43. The Bertz CT molecular complexity index is 41.2. The van der Waals surface area contributed by atoms with Crippen molar-refractivity contribution in [3.05, 3.63) is 0 Å². The van der Waals surface area contributed by atoms with Gasteiger partial charge in [0.1, 0.15) is 0 Å². The minimum atomic E-state index is 0.699. The normalized spacial score (nSPS) is 13.5. The van der Waals surface area contributed by atoms with Crippen LogP contribution in [0.25, 0.3) is 0 Å². The van der Waals surface area contributed by atoms with Crippen LogP contribution in [0.15, 0.2) is 0 Å². The molecule has 1 heteroatoms. The van der Waals surface area contributed by atoms with Gasteiger partial charge in [-0.25, -0.2) is 0 Å². The van der Waals surface area contributed by atoms with Gasteiger partial charge in [-0.3, -0.25) is 0 Å². The van der Waals surface area contributed by atoms with E-state index in [1.807, 2.05) is 5.97 Å². The van der Waals surface area contributed by atoms with E-state index in [1.165, 1.54) is 6.42 Å². The molecule has 0 aliphatic heterocycles. The second kappa shape index (κ2) is 3.14. The molecule has 6 heavy (non-hydrogen) atoms. The van der Waals surface area contributed by atoms with E-state index in [9.17, 15) is 0 Å². The molecule has 1 atom stereocenters. The fraction of sp³-hybridized carbons (Fsp3) is 0.800. The zero-order chi connectivity index (χ0) is 4.99. The van der Waals surface area contributed by atoms with Crippen molar-refractivity contribution in [2.24, 2.45) is 5.92 Å². The molecule has 0 N–H and O–H groups in total. The Balaban J connectivity index is 2.96. The maximum absolute atomic E-state index is 3.63. The summed E-state index contributed by atoms with van der Waals surface area (Å²) in [6.07, 6.45) is 1.21. The van der Waals surface area contributed by atoms with Crippen molar-refractivity contribution in [2.45, 2.75) is 20.3 Å². The van der Waals surface area contributed by atoms with E-state index in [4.69, 9.17) is 0 Å². The first kappa shape index (κ1) is 5.93. The molecular weight excluding hydrogens is 70.9 g/mol. The zero-order valence-corrected chi connectivity index (χ0v) is 4.57. The number of hydrogen-bond acceptors (Lipinski definition) is 0. The van der Waals surface area contributed by atoms with Gasteiger partial charge in [-0.1, -0.05) is 0 Å². The van der Waals surface area contributed by atoms with Crippen molar-refractivity contribution in [3.8, 4) is 0 Å². The Morgan fingerprint density at radius 2 is 2.33 bits per heavy atom. The van der Waals surface area contributed by atoms with Crippen LogP contribution in [0.2, 0.25) is 0 Å². The van der Waals surface area contributed by atoms with Crippen molar-refractivity contribution in [1.29, 1.82) is 0 Å². The van der Waals surface area contributed by atoms with Gasteiger partial charge >= 0.3 is 39.6 Å². The van der Waals surface area contributed by atoms with Gasteiger partial charge in [-0.2, -0.15) is 0 Å². The predicted octanol–water partition coefficient (Wildman–Crippen LogP) is 0.736. The van der Waals surface area contributed by atoms with E-state index in [1.54, 1.807) is 0 Å². The summed E-state index contributed by atoms with van der Waals surface area (Å²) in [5.41, 5.74) is 0. The van der Waals surface area contributed by atoms with Crippen LogP contribution < -0.4 is 0 Å². The van der Waals surface area contributed by atoms with Crippen LogP contribution in [0.4, 0.5) is 0 Å². The first-order valence-corrected chi connectivity index (χ1v) is 2.43. The fourth-order valence-electron chi connectivity index (χ4n) is 0.167. The summed E-state index contributed by atoms with van der Waals surface area (Å²) in [5, 5.41) is 0. The van der Waals surface area contributed by atoms with Crippen LogP contribution in [0.5, 0.6) is 0 Å². The van der Waals surface area contributed by atoms with Gasteiger partial charge < -0.3 is 0 Å². The van der Waals surface area contributed by atoms with Gasteiger partial charge in [0.2, 0.25) is 0 Å². The quantitative estimate of drug-likeness (QED) is 0.431. The Morgan fingerprint density at radius 3 is 2.33 bits per heavy atom. The van der Waals surface area contributed by atoms with E-state index in [0.717, 1.165) is 0 Å². The Labute approximate surface area is 40.6 Å². The molecule has 0 aromatic carbocycles. The van der Waals surface area contributed by atoms with E-state index in [-0.39, 0.29) is 0 Å². The fourth-order valence-corrected chi connectivity index (χ4v) is 0.167. The van der Waals surface area contributed by atoms with Gasteiger partial charge in [0.05, 0.1) is 0 Å². The zero-order valence-electron chi connectivity index (χ0n) is 4.57. The Morgan fingerprint density at radius 1 is 1.83 bits per heavy atom. The average molecular weight is 82.0 g/mol. The topological polar surface area (TPSA) is 0 Å². The third-order valence-electron chi connectivity index (χ3n) is 1.05. The van der Waals surface area contributed by atoms with Crippen molar-refractivity contribution in [1.82, 2.24) is 0 Å². The van der Waals surface area contributed by atoms with Gasteiger partial charge in [-0.05, 0) is 0 Å². The van der Waals surface area contributed by atoms with Crippen molar-refractivity contribution >= 4 is 13.5 Å². The van der Waals surface area contributed by atoms with E-state index < -0.39 is 0 Å². The minimum absolute atomic E-state index is 0.699. The summed E-state index contributed by atoms with van der Waals surface area (Å²) in [7, 11) is 3.63. The summed E-state index contributed by atoms with van der Waals surface area (Å²) in [5.74, 6) is 2.67. The molecule has 0 heterocycles. The summed E-state index contributed by atoms with van der Waals surface area (Å²) < 4.78 is 0. The standard InChI is InChI=1S/C5H11B/c1-3-5(2)4-6/h4-6H,3H2,1-2H3/t5-/m1/s1. The summed E-state index contributed by atoms with van der Waals surface area (Å²) in [4.78, 5) is 0. The van der Waals surface area contributed by atoms with Crippen molar-refractivity contribution in [2.75, 3.05) is 0 Å². The monoisotopic (exact) mass is 82.1 g/mol. The molecule has 0 amide bonds. The molecule has 0 saturated heterocycles. The molecule has 0 bridgehead atoms. The maximum atomic E-state index is 3.63. The number of rotatable bonds is 2. The third kappa shape index (κ3) is 2.19. The summed E-state index contributed by atoms with van der Waals surface area (Å²) in [6.45, 7) is 4.32. The molecule has 0 radical (unpaired) electrons. The molecule has 0 aliphatic carbocycles. The summed E-state index contributed by atoms with van der Waals surface area (Å²) in [6, 6.07) is 0. The predicted molar refractivity (Wildman–Crippen MR) is 32.7 cm³/mol. The molecule has 0 nitrogen and oxygen atoms in total. The molecule has 0 spiro atoms. The molecule has 0 aromatic rings. The molecule has 0 aliphatic rings. The third-order valence-corrected chi connectivity index (χ3v) is 1.05. The molecule has 34 valence electrons. The second-order valence-corrected chi connectivity index (χ2v) is 1.62. The van der Waals surface area contributed by atoms with Crippen LogP contribution >= 0.6 is 0 Å². The SMILES string of the molecule is B=C[C@H](C)CC.